The van der Waals surface area contributed by atoms with Gasteiger partial charge < -0.3 is 15.8 Å². The van der Waals surface area contributed by atoms with Gasteiger partial charge >= 0.3 is 0 Å². The van der Waals surface area contributed by atoms with E-state index in [4.69, 9.17) is 10.5 Å². The molecule has 16 heavy (non-hydrogen) atoms. The first kappa shape index (κ1) is 12.5. The molecule has 0 spiro atoms. The quantitative estimate of drug-likeness (QED) is 0.700. The van der Waals surface area contributed by atoms with Crippen molar-refractivity contribution in [3.05, 3.63) is 29.8 Å². The van der Waals surface area contributed by atoms with Gasteiger partial charge in [0, 0.05) is 20.0 Å². The molecule has 0 aliphatic carbocycles. The topological polar surface area (TPSA) is 64.3 Å². The van der Waals surface area contributed by atoms with Crippen LogP contribution in [0.1, 0.15) is 18.9 Å². The van der Waals surface area contributed by atoms with E-state index in [-0.39, 0.29) is 5.91 Å². The minimum atomic E-state index is -0.0141. The first-order valence-electron chi connectivity index (χ1n) is 5.30. The molecule has 0 saturated carbocycles. The maximum absolute atomic E-state index is 10.6. The van der Waals surface area contributed by atoms with E-state index in [1.807, 2.05) is 12.1 Å². The van der Waals surface area contributed by atoms with Crippen molar-refractivity contribution in [3.63, 3.8) is 0 Å². The molecule has 4 nitrogen and oxygen atoms in total. The lowest BCUT2D eigenvalue weighted by molar-refractivity contribution is -0.118. The van der Waals surface area contributed by atoms with Crippen LogP contribution < -0.4 is 15.8 Å². The number of carbonyl (C=O) groups is 1. The van der Waals surface area contributed by atoms with Crippen molar-refractivity contribution in [2.24, 2.45) is 5.73 Å². The minimum Gasteiger partial charge on any atom is -0.494 e. The van der Waals surface area contributed by atoms with E-state index < -0.39 is 0 Å². The van der Waals surface area contributed by atoms with E-state index in [2.05, 4.69) is 11.4 Å². The van der Waals surface area contributed by atoms with Crippen LogP contribution in [-0.2, 0) is 11.3 Å². The van der Waals surface area contributed by atoms with Gasteiger partial charge in [-0.1, -0.05) is 6.07 Å². The third-order valence-electron chi connectivity index (χ3n) is 2.02. The number of hydrogen-bond donors (Lipinski definition) is 2. The van der Waals surface area contributed by atoms with Crippen LogP contribution in [0.4, 0.5) is 0 Å². The van der Waals surface area contributed by atoms with Crippen LogP contribution in [0, 0.1) is 6.07 Å². The van der Waals surface area contributed by atoms with E-state index in [1.165, 1.54) is 6.92 Å². The Labute approximate surface area is 95.8 Å². The molecule has 0 aliphatic rings. The number of benzene rings is 1. The smallest absolute Gasteiger partial charge is 0.216 e. The third kappa shape index (κ3) is 4.79. The summed E-state index contributed by atoms with van der Waals surface area (Å²) in [6, 6.07) is 8.53. The number of amides is 1. The number of carbonyl (C=O) groups excluding carboxylic acids is 1. The molecule has 0 saturated heterocycles. The highest BCUT2D eigenvalue weighted by Gasteiger charge is 1.96. The summed E-state index contributed by atoms with van der Waals surface area (Å²) in [4.78, 5) is 10.6. The Bertz CT molecular complexity index is 340. The third-order valence-corrected chi connectivity index (χ3v) is 2.02. The molecule has 0 atom stereocenters. The van der Waals surface area contributed by atoms with Gasteiger partial charge in [-0.2, -0.15) is 0 Å². The highest BCUT2D eigenvalue weighted by Crippen LogP contribution is 2.12. The predicted molar refractivity (Wildman–Crippen MR) is 62.0 cm³/mol. The molecular formula is C12H17N2O2. The second-order valence-corrected chi connectivity index (χ2v) is 3.44. The summed E-state index contributed by atoms with van der Waals surface area (Å²) in [5.74, 6) is 0.779. The van der Waals surface area contributed by atoms with Gasteiger partial charge in [0.05, 0.1) is 6.61 Å². The van der Waals surface area contributed by atoms with Gasteiger partial charge in [0.25, 0.3) is 0 Å². The van der Waals surface area contributed by atoms with Crippen LogP contribution in [0.2, 0.25) is 0 Å². The van der Waals surface area contributed by atoms with Crippen molar-refractivity contribution in [1.82, 2.24) is 5.32 Å². The summed E-state index contributed by atoms with van der Waals surface area (Å²) in [6.45, 7) is 3.18. The molecule has 1 aromatic carbocycles. The molecular weight excluding hydrogens is 204 g/mol. The minimum absolute atomic E-state index is 0.0141. The number of ether oxygens (including phenoxy) is 1. The highest BCUT2D eigenvalue weighted by molar-refractivity contribution is 5.72. The summed E-state index contributed by atoms with van der Waals surface area (Å²) in [7, 11) is 0. The normalized spacial score (nSPS) is 9.88. The lowest BCUT2D eigenvalue weighted by Crippen LogP contribution is -2.22. The average Bonchev–Trinajstić information content (AvgIpc) is 2.28. The van der Waals surface area contributed by atoms with Crippen molar-refractivity contribution >= 4 is 5.91 Å². The zero-order valence-electron chi connectivity index (χ0n) is 9.45. The molecule has 0 aliphatic heterocycles. The maximum atomic E-state index is 10.6. The maximum Gasteiger partial charge on any atom is 0.216 e. The summed E-state index contributed by atoms with van der Waals surface area (Å²) >= 11 is 0. The molecule has 3 N–H and O–H groups in total. The molecule has 0 bridgehead atoms. The van der Waals surface area contributed by atoms with E-state index >= 15 is 0 Å². The number of rotatable bonds is 6. The molecule has 1 amide bonds. The van der Waals surface area contributed by atoms with Crippen LogP contribution in [0.15, 0.2) is 18.2 Å². The lowest BCUT2D eigenvalue weighted by atomic mass is 10.2. The van der Waals surface area contributed by atoms with Crippen LogP contribution in [0.25, 0.3) is 0 Å². The van der Waals surface area contributed by atoms with E-state index in [9.17, 15) is 4.79 Å². The second-order valence-electron chi connectivity index (χ2n) is 3.44. The van der Waals surface area contributed by atoms with Gasteiger partial charge in [-0.15, -0.1) is 0 Å². The number of nitrogens with one attached hydrogen (secondary N) is 1. The molecule has 0 fully saturated rings. The zero-order valence-corrected chi connectivity index (χ0v) is 9.45. The lowest BCUT2D eigenvalue weighted by Gasteiger charge is -2.07. The number of nitrogens with two attached hydrogens (primary N) is 1. The first-order valence-corrected chi connectivity index (χ1v) is 5.30. The summed E-state index contributed by atoms with van der Waals surface area (Å²) in [5.41, 5.74) is 6.42. The summed E-state index contributed by atoms with van der Waals surface area (Å²) in [5, 5.41) is 2.71. The van der Waals surface area contributed by atoms with Crippen molar-refractivity contribution in [2.75, 3.05) is 13.2 Å². The Morgan fingerprint density at radius 1 is 1.62 bits per heavy atom. The fourth-order valence-electron chi connectivity index (χ4n) is 1.23. The van der Waals surface area contributed by atoms with Crippen molar-refractivity contribution in [2.45, 2.75) is 19.9 Å². The average molecular weight is 221 g/mol. The Morgan fingerprint density at radius 3 is 3.12 bits per heavy atom. The van der Waals surface area contributed by atoms with E-state index in [0.717, 1.165) is 17.7 Å². The molecule has 0 unspecified atom stereocenters. The SMILES string of the molecule is CC(=O)NCCCOc1cc[c]c(CN)c1. The van der Waals surface area contributed by atoms with E-state index in [0.29, 0.717) is 19.7 Å². The Morgan fingerprint density at radius 2 is 2.44 bits per heavy atom. The molecule has 0 aromatic heterocycles. The monoisotopic (exact) mass is 221 g/mol. The van der Waals surface area contributed by atoms with Gasteiger partial charge in [-0.25, -0.2) is 0 Å². The second kappa shape index (κ2) is 6.85. The fraction of sp³-hybridized carbons (Fsp3) is 0.417. The van der Waals surface area contributed by atoms with Gasteiger partial charge in [0.1, 0.15) is 5.75 Å². The van der Waals surface area contributed by atoms with Gasteiger partial charge in [-0.05, 0) is 30.2 Å². The van der Waals surface area contributed by atoms with Gasteiger partial charge in [0.2, 0.25) is 5.91 Å². The van der Waals surface area contributed by atoms with Gasteiger partial charge in [0.15, 0.2) is 0 Å². The Balaban J connectivity index is 2.23. The predicted octanol–water partition coefficient (Wildman–Crippen LogP) is 0.850. The first-order chi connectivity index (χ1) is 7.72. The Hall–Kier alpha value is -1.55. The van der Waals surface area contributed by atoms with Crippen molar-refractivity contribution in [1.29, 1.82) is 0 Å². The van der Waals surface area contributed by atoms with Crippen molar-refractivity contribution in [3.8, 4) is 5.75 Å². The van der Waals surface area contributed by atoms with Gasteiger partial charge in [-0.3, -0.25) is 4.79 Å². The molecule has 1 rings (SSSR count). The largest absolute Gasteiger partial charge is 0.494 e. The standard InChI is InChI=1S/C12H17N2O2/c1-10(15)14-6-3-7-16-12-5-2-4-11(8-12)9-13/h2,5,8H,3,6-7,9,13H2,1H3,(H,14,15). The Kier molecular flexibility index (Phi) is 5.36. The highest BCUT2D eigenvalue weighted by atomic mass is 16.5. The summed E-state index contributed by atoms with van der Waals surface area (Å²) in [6.07, 6.45) is 0.788. The van der Waals surface area contributed by atoms with Crippen LogP contribution in [-0.4, -0.2) is 19.1 Å². The van der Waals surface area contributed by atoms with Crippen LogP contribution in [0.3, 0.4) is 0 Å². The van der Waals surface area contributed by atoms with Crippen LogP contribution in [0.5, 0.6) is 5.75 Å². The zero-order chi connectivity index (χ0) is 11.8. The molecule has 87 valence electrons. The van der Waals surface area contributed by atoms with Crippen LogP contribution >= 0.6 is 0 Å². The van der Waals surface area contributed by atoms with E-state index in [1.54, 1.807) is 6.07 Å². The summed E-state index contributed by atoms with van der Waals surface area (Å²) < 4.78 is 5.50. The fourth-order valence-corrected chi connectivity index (χ4v) is 1.23. The number of hydrogen-bond acceptors (Lipinski definition) is 3. The molecule has 4 heteroatoms. The molecule has 1 radical (unpaired) electrons. The molecule has 1 aromatic rings. The van der Waals surface area contributed by atoms with Crippen molar-refractivity contribution < 1.29 is 9.53 Å². The molecule has 0 heterocycles.